The first kappa shape index (κ1) is 11.2. The van der Waals surface area contributed by atoms with Gasteiger partial charge in [-0.1, -0.05) is 36.4 Å². The van der Waals surface area contributed by atoms with Crippen molar-refractivity contribution in [3.05, 3.63) is 59.7 Å². The second-order valence-corrected chi connectivity index (χ2v) is 4.26. The highest BCUT2D eigenvalue weighted by Gasteiger charge is 2.46. The number of rotatable bonds is 1. The summed E-state index contributed by atoms with van der Waals surface area (Å²) >= 11 is 0. The van der Waals surface area contributed by atoms with Crippen molar-refractivity contribution in [3.63, 3.8) is 0 Å². The second kappa shape index (κ2) is 3.78. The first-order chi connectivity index (χ1) is 8.64. The van der Waals surface area contributed by atoms with Crippen molar-refractivity contribution in [1.29, 1.82) is 0 Å². The van der Waals surface area contributed by atoms with E-state index in [9.17, 15) is 8.78 Å². The van der Waals surface area contributed by atoms with Crippen LogP contribution < -0.4 is 10.5 Å². The van der Waals surface area contributed by atoms with Gasteiger partial charge in [0.15, 0.2) is 0 Å². The maximum Gasteiger partial charge on any atom is 0.264 e. The van der Waals surface area contributed by atoms with Gasteiger partial charge in [-0.2, -0.15) is 0 Å². The first-order valence-electron chi connectivity index (χ1n) is 5.58. The molecule has 2 aromatic rings. The molecular weight excluding hydrogens is 236 g/mol. The Morgan fingerprint density at radius 2 is 1.33 bits per heavy atom. The Labute approximate surface area is 103 Å². The lowest BCUT2D eigenvalue weighted by atomic mass is 9.81. The summed E-state index contributed by atoms with van der Waals surface area (Å²) in [7, 11) is 0. The molecule has 0 spiro atoms. The highest BCUT2D eigenvalue weighted by Crippen LogP contribution is 2.47. The number of alkyl halides is 2. The monoisotopic (exact) mass is 247 g/mol. The zero-order valence-electron chi connectivity index (χ0n) is 9.44. The molecule has 2 nitrogen and oxygen atoms in total. The van der Waals surface area contributed by atoms with Gasteiger partial charge in [-0.3, -0.25) is 0 Å². The molecule has 0 atom stereocenters. The summed E-state index contributed by atoms with van der Waals surface area (Å²) in [5.41, 5.74) is 4.82. The van der Waals surface area contributed by atoms with Gasteiger partial charge in [-0.25, -0.2) is 8.78 Å². The van der Waals surface area contributed by atoms with Crippen LogP contribution in [0.4, 0.5) is 8.78 Å². The topological polar surface area (TPSA) is 35.2 Å². The summed E-state index contributed by atoms with van der Waals surface area (Å²) in [5, 5.41) is 0. The van der Waals surface area contributed by atoms with Crippen LogP contribution in [0.1, 0.15) is 11.1 Å². The maximum atomic E-state index is 13.5. The van der Waals surface area contributed by atoms with E-state index in [-0.39, 0.29) is 0 Å². The minimum absolute atomic E-state index is 0.318. The first-order valence-corrected chi connectivity index (χ1v) is 5.58. The van der Waals surface area contributed by atoms with Crippen molar-refractivity contribution in [2.75, 3.05) is 0 Å². The SMILES string of the molecule is NC1(C(F)F)c2ccccc2Oc2ccccc21. The van der Waals surface area contributed by atoms with E-state index in [1.165, 1.54) is 0 Å². The highest BCUT2D eigenvalue weighted by atomic mass is 19.3. The zero-order chi connectivity index (χ0) is 12.8. The van der Waals surface area contributed by atoms with Crippen LogP contribution in [-0.2, 0) is 5.54 Å². The van der Waals surface area contributed by atoms with Crippen LogP contribution in [0.3, 0.4) is 0 Å². The number of para-hydroxylation sites is 2. The van der Waals surface area contributed by atoms with Gasteiger partial charge in [0.1, 0.15) is 17.0 Å². The predicted octanol–water partition coefficient (Wildman–Crippen LogP) is 3.26. The molecular formula is C14H11F2NO. The number of fused-ring (bicyclic) bond motifs is 2. The highest BCUT2D eigenvalue weighted by molar-refractivity contribution is 5.57. The summed E-state index contributed by atoms with van der Waals surface area (Å²) < 4.78 is 32.6. The molecule has 0 saturated heterocycles. The molecule has 0 aliphatic carbocycles. The molecule has 0 aromatic heterocycles. The van der Waals surface area contributed by atoms with Gasteiger partial charge in [0.2, 0.25) is 0 Å². The number of hydrogen-bond donors (Lipinski definition) is 1. The Balaban J connectivity index is 2.31. The molecule has 0 saturated carbocycles. The van der Waals surface area contributed by atoms with Crippen LogP contribution in [0, 0.1) is 0 Å². The molecule has 1 aliphatic rings. The molecule has 1 heterocycles. The van der Waals surface area contributed by atoms with E-state index >= 15 is 0 Å². The van der Waals surface area contributed by atoms with Gasteiger partial charge in [0.25, 0.3) is 6.43 Å². The predicted molar refractivity (Wildman–Crippen MR) is 63.9 cm³/mol. The molecule has 2 N–H and O–H groups in total. The van der Waals surface area contributed by atoms with Crippen LogP contribution in [-0.4, -0.2) is 6.43 Å². The van der Waals surface area contributed by atoms with E-state index in [1.807, 2.05) is 0 Å². The van der Waals surface area contributed by atoms with E-state index in [2.05, 4.69) is 0 Å². The van der Waals surface area contributed by atoms with E-state index in [0.29, 0.717) is 22.6 Å². The number of nitrogens with two attached hydrogens (primary N) is 1. The lowest BCUT2D eigenvalue weighted by Gasteiger charge is -2.36. The molecule has 92 valence electrons. The molecule has 1 aliphatic heterocycles. The van der Waals surface area contributed by atoms with E-state index in [1.54, 1.807) is 48.5 Å². The summed E-state index contributed by atoms with van der Waals surface area (Å²) in [6.07, 6.45) is -2.70. The summed E-state index contributed by atoms with van der Waals surface area (Å²) in [4.78, 5) is 0. The molecule has 2 aromatic carbocycles. The van der Waals surface area contributed by atoms with Crippen molar-refractivity contribution in [2.45, 2.75) is 12.0 Å². The Morgan fingerprint density at radius 1 is 0.889 bits per heavy atom. The summed E-state index contributed by atoms with van der Waals surface area (Å²) in [6, 6.07) is 13.3. The summed E-state index contributed by atoms with van der Waals surface area (Å²) in [5.74, 6) is 0.776. The van der Waals surface area contributed by atoms with Crippen molar-refractivity contribution in [1.82, 2.24) is 0 Å². The standard InChI is InChI=1S/C14H11F2NO/c15-13(16)14(17)9-5-1-3-7-11(9)18-12-8-4-2-6-10(12)14/h1-8,13H,17H2. The molecule has 3 rings (SSSR count). The fourth-order valence-electron chi connectivity index (χ4n) is 2.29. The lowest BCUT2D eigenvalue weighted by molar-refractivity contribution is 0.0687. The number of halogens is 2. The molecule has 4 heteroatoms. The number of benzene rings is 2. The number of ether oxygens (including phenoxy) is 1. The third kappa shape index (κ3) is 1.36. The van der Waals surface area contributed by atoms with Gasteiger partial charge < -0.3 is 10.5 Å². The minimum Gasteiger partial charge on any atom is -0.457 e. The third-order valence-corrected chi connectivity index (χ3v) is 3.23. The lowest BCUT2D eigenvalue weighted by Crippen LogP contribution is -2.46. The van der Waals surface area contributed by atoms with Crippen LogP contribution in [0.5, 0.6) is 11.5 Å². The largest absolute Gasteiger partial charge is 0.457 e. The Kier molecular flexibility index (Phi) is 2.35. The molecule has 0 unspecified atom stereocenters. The van der Waals surface area contributed by atoms with Gasteiger partial charge in [0.05, 0.1) is 0 Å². The molecule has 0 bridgehead atoms. The quantitative estimate of drug-likeness (QED) is 0.839. The summed E-state index contributed by atoms with van der Waals surface area (Å²) in [6.45, 7) is 0. The fraction of sp³-hybridized carbons (Fsp3) is 0.143. The van der Waals surface area contributed by atoms with Gasteiger partial charge in [-0.15, -0.1) is 0 Å². The van der Waals surface area contributed by atoms with E-state index < -0.39 is 12.0 Å². The van der Waals surface area contributed by atoms with Crippen LogP contribution in [0.2, 0.25) is 0 Å². The number of hydrogen-bond acceptors (Lipinski definition) is 2. The van der Waals surface area contributed by atoms with Gasteiger partial charge >= 0.3 is 0 Å². The van der Waals surface area contributed by atoms with Crippen LogP contribution in [0.25, 0.3) is 0 Å². The van der Waals surface area contributed by atoms with Gasteiger partial charge in [0, 0.05) is 11.1 Å². The smallest absolute Gasteiger partial charge is 0.264 e. The molecule has 18 heavy (non-hydrogen) atoms. The van der Waals surface area contributed by atoms with Crippen LogP contribution >= 0.6 is 0 Å². The molecule has 0 radical (unpaired) electrons. The van der Waals surface area contributed by atoms with Crippen molar-refractivity contribution >= 4 is 0 Å². The van der Waals surface area contributed by atoms with Crippen molar-refractivity contribution < 1.29 is 13.5 Å². The zero-order valence-corrected chi connectivity index (χ0v) is 9.44. The third-order valence-electron chi connectivity index (χ3n) is 3.23. The van der Waals surface area contributed by atoms with Crippen molar-refractivity contribution in [2.24, 2.45) is 5.73 Å². The van der Waals surface area contributed by atoms with Gasteiger partial charge in [-0.05, 0) is 12.1 Å². The maximum absolute atomic E-state index is 13.5. The second-order valence-electron chi connectivity index (χ2n) is 4.26. The average Bonchev–Trinajstić information content (AvgIpc) is 2.39. The minimum atomic E-state index is -2.70. The Morgan fingerprint density at radius 3 is 1.78 bits per heavy atom. The van der Waals surface area contributed by atoms with Crippen LogP contribution in [0.15, 0.2) is 48.5 Å². The Bertz CT molecular complexity index is 552. The molecule has 0 fully saturated rings. The van der Waals surface area contributed by atoms with E-state index in [0.717, 1.165) is 0 Å². The van der Waals surface area contributed by atoms with Crippen molar-refractivity contribution in [3.8, 4) is 11.5 Å². The molecule has 0 amide bonds. The average molecular weight is 247 g/mol. The normalized spacial score (nSPS) is 15.8. The fourth-order valence-corrected chi connectivity index (χ4v) is 2.29. The van der Waals surface area contributed by atoms with E-state index in [4.69, 9.17) is 10.5 Å². The Hall–Kier alpha value is -1.94.